The minimum Gasteiger partial charge on any atom is -0.458 e. The molecule has 1 amide bonds. The highest BCUT2D eigenvalue weighted by molar-refractivity contribution is 7.92. The second-order valence-electron chi connectivity index (χ2n) is 6.62. The molecule has 1 atom stereocenters. The van der Waals surface area contributed by atoms with Gasteiger partial charge in [0.05, 0.1) is 6.26 Å². The first kappa shape index (κ1) is 19.9. The first-order valence-corrected chi connectivity index (χ1v) is 10.6. The van der Waals surface area contributed by atoms with E-state index in [1.807, 2.05) is 6.07 Å². The van der Waals surface area contributed by atoms with Crippen molar-refractivity contribution in [1.82, 2.24) is 0 Å². The number of fused-ring (bicyclic) bond motifs is 1. The van der Waals surface area contributed by atoms with Gasteiger partial charge in [-0.3, -0.25) is 9.59 Å². The molecule has 28 heavy (non-hydrogen) atoms. The number of rotatable bonds is 5. The number of nitrogens with zero attached hydrogens (tertiary/aromatic N) is 1. The molecule has 0 saturated carbocycles. The van der Waals surface area contributed by atoms with Gasteiger partial charge in [0.25, 0.3) is 0 Å². The van der Waals surface area contributed by atoms with Crippen LogP contribution in [-0.4, -0.2) is 26.6 Å². The summed E-state index contributed by atoms with van der Waals surface area (Å²) >= 11 is 0. The number of sulfonamides is 1. The van der Waals surface area contributed by atoms with Crippen LogP contribution in [0.4, 0.5) is 5.69 Å². The van der Waals surface area contributed by atoms with E-state index in [1.165, 1.54) is 13.8 Å². The lowest BCUT2D eigenvalue weighted by molar-refractivity contribution is -0.146. The quantitative estimate of drug-likeness (QED) is 0.711. The molecule has 0 spiro atoms. The predicted octanol–water partition coefficient (Wildman–Crippen LogP) is 3.34. The van der Waals surface area contributed by atoms with Crippen LogP contribution in [0.15, 0.2) is 42.5 Å². The third-order valence-electron chi connectivity index (χ3n) is 4.36. The molecule has 0 radical (unpaired) electrons. The third-order valence-corrected chi connectivity index (χ3v) is 5.48. The van der Waals surface area contributed by atoms with Crippen molar-refractivity contribution in [3.05, 3.63) is 53.6 Å². The minimum absolute atomic E-state index is 0.140. The fraction of sp³-hybridized carbons (Fsp3) is 0.300. The van der Waals surface area contributed by atoms with Gasteiger partial charge in [-0.25, -0.2) is 12.7 Å². The maximum atomic E-state index is 12.3. The maximum absolute atomic E-state index is 12.3. The van der Waals surface area contributed by atoms with Crippen LogP contribution in [0, 0.1) is 0 Å². The number of carbonyl (C=O) groups excluding carboxylic acids is 2. The molecule has 0 aromatic heterocycles. The van der Waals surface area contributed by atoms with E-state index in [2.05, 4.69) is 0 Å². The van der Waals surface area contributed by atoms with Gasteiger partial charge < -0.3 is 9.47 Å². The highest BCUT2D eigenvalue weighted by Gasteiger charge is 2.32. The summed E-state index contributed by atoms with van der Waals surface area (Å²) in [5.41, 5.74) is 1.71. The normalized spacial score (nSPS) is 15.6. The zero-order valence-corrected chi connectivity index (χ0v) is 16.7. The number of amides is 1. The average molecular weight is 403 g/mol. The highest BCUT2D eigenvalue weighted by Crippen LogP contribution is 2.43. The van der Waals surface area contributed by atoms with Gasteiger partial charge in [0.2, 0.25) is 15.9 Å². The van der Waals surface area contributed by atoms with Gasteiger partial charge in [-0.2, -0.15) is 0 Å². The summed E-state index contributed by atoms with van der Waals surface area (Å²) < 4.78 is 36.5. The molecule has 0 N–H and O–H groups in total. The van der Waals surface area contributed by atoms with E-state index >= 15 is 0 Å². The van der Waals surface area contributed by atoms with E-state index in [1.54, 1.807) is 36.4 Å². The molecule has 1 unspecified atom stereocenters. The minimum atomic E-state index is -3.86. The van der Waals surface area contributed by atoms with Crippen molar-refractivity contribution >= 4 is 27.6 Å². The summed E-state index contributed by atoms with van der Waals surface area (Å²) in [4.78, 5) is 23.5. The van der Waals surface area contributed by atoms with Crippen LogP contribution in [0.25, 0.3) is 0 Å². The Balaban J connectivity index is 2.15. The molecule has 8 heteroatoms. The Labute approximate surface area is 163 Å². The summed E-state index contributed by atoms with van der Waals surface area (Å²) in [6.45, 7) is 2.52. The molecule has 7 nitrogen and oxygen atoms in total. The maximum Gasteiger partial charge on any atom is 0.303 e. The number of benzene rings is 2. The van der Waals surface area contributed by atoms with Gasteiger partial charge in [-0.05, 0) is 48.2 Å². The fourth-order valence-corrected chi connectivity index (χ4v) is 4.31. The van der Waals surface area contributed by atoms with Crippen molar-refractivity contribution in [2.75, 3.05) is 10.6 Å². The van der Waals surface area contributed by atoms with E-state index < -0.39 is 28.0 Å². The van der Waals surface area contributed by atoms with E-state index in [9.17, 15) is 18.0 Å². The molecule has 2 aromatic carbocycles. The number of para-hydroxylation sites is 1. The smallest absolute Gasteiger partial charge is 0.303 e. The molecule has 2 aromatic rings. The number of hydrogen-bond acceptors (Lipinski definition) is 6. The molecule has 1 aliphatic rings. The highest BCUT2D eigenvalue weighted by atomic mass is 32.2. The Kier molecular flexibility index (Phi) is 5.42. The summed E-state index contributed by atoms with van der Waals surface area (Å²) in [5.74, 6) is -0.351. The molecule has 0 fully saturated rings. The van der Waals surface area contributed by atoms with Crippen LogP contribution >= 0.6 is 0 Å². The Hall–Kier alpha value is -2.87. The Morgan fingerprint density at radius 2 is 1.79 bits per heavy atom. The monoisotopic (exact) mass is 403 g/mol. The van der Waals surface area contributed by atoms with Crippen LogP contribution in [0.1, 0.15) is 37.5 Å². The predicted molar refractivity (Wildman–Crippen MR) is 104 cm³/mol. The van der Waals surface area contributed by atoms with Crippen molar-refractivity contribution in [2.45, 2.75) is 32.8 Å². The number of ether oxygens (including phenoxy) is 2. The lowest BCUT2D eigenvalue weighted by atomic mass is 10.1. The van der Waals surface area contributed by atoms with E-state index in [4.69, 9.17) is 9.47 Å². The number of esters is 1. The summed E-state index contributed by atoms with van der Waals surface area (Å²) in [5, 5.41) is 0. The van der Waals surface area contributed by atoms with Crippen LogP contribution < -0.4 is 9.04 Å². The first-order valence-electron chi connectivity index (χ1n) is 8.74. The third kappa shape index (κ3) is 4.17. The molecular formula is C20H21NO6S. The van der Waals surface area contributed by atoms with Crippen molar-refractivity contribution in [3.63, 3.8) is 0 Å². The van der Waals surface area contributed by atoms with Crippen molar-refractivity contribution in [3.8, 4) is 11.5 Å². The largest absolute Gasteiger partial charge is 0.458 e. The van der Waals surface area contributed by atoms with Gasteiger partial charge in [0, 0.05) is 13.8 Å². The Bertz CT molecular complexity index is 1020. The average Bonchev–Trinajstić information content (AvgIpc) is 2.96. The van der Waals surface area contributed by atoms with E-state index in [0.29, 0.717) is 18.6 Å². The molecular weight excluding hydrogens is 382 g/mol. The number of aryl methyl sites for hydroxylation is 1. The summed E-state index contributed by atoms with van der Waals surface area (Å²) in [6.07, 6.45) is 1.72. The number of anilines is 1. The molecule has 0 aliphatic heterocycles. The molecule has 148 valence electrons. The summed E-state index contributed by atoms with van der Waals surface area (Å²) in [7, 11) is -3.86. The van der Waals surface area contributed by atoms with Gasteiger partial charge in [0.15, 0.2) is 5.75 Å². The second-order valence-corrected chi connectivity index (χ2v) is 8.45. The lowest BCUT2D eigenvalue weighted by Gasteiger charge is -2.23. The molecule has 1 aliphatic carbocycles. The molecule has 0 bridgehead atoms. The number of carbonyl (C=O) groups is 2. The molecule has 0 saturated heterocycles. The van der Waals surface area contributed by atoms with Gasteiger partial charge in [-0.1, -0.05) is 18.2 Å². The van der Waals surface area contributed by atoms with E-state index in [0.717, 1.165) is 21.7 Å². The summed E-state index contributed by atoms with van der Waals surface area (Å²) in [6, 6.07) is 12.1. The lowest BCUT2D eigenvalue weighted by Crippen LogP contribution is -2.34. The standard InChI is InChI=1S/C20H21NO6S/c1-13(22)21(28(3,24)25)18-11-15-9-10-19(26-14(2)23)17(15)12-20(18)27-16-7-5-4-6-8-16/h4-8,11-12,19H,9-10H2,1-3H3. The molecule has 0 heterocycles. The van der Waals surface area contributed by atoms with Gasteiger partial charge in [0.1, 0.15) is 17.5 Å². The topological polar surface area (TPSA) is 90.0 Å². The van der Waals surface area contributed by atoms with Gasteiger partial charge in [-0.15, -0.1) is 0 Å². The SMILES string of the molecule is CC(=O)OC1CCc2cc(N(C(C)=O)S(C)(=O)=O)c(Oc3ccccc3)cc21. The van der Waals surface area contributed by atoms with Crippen LogP contribution in [0.5, 0.6) is 11.5 Å². The van der Waals surface area contributed by atoms with Gasteiger partial charge >= 0.3 is 5.97 Å². The Morgan fingerprint density at radius 3 is 2.36 bits per heavy atom. The van der Waals surface area contributed by atoms with Crippen LogP contribution in [0.3, 0.4) is 0 Å². The van der Waals surface area contributed by atoms with E-state index in [-0.39, 0.29) is 11.4 Å². The van der Waals surface area contributed by atoms with Crippen molar-refractivity contribution in [2.24, 2.45) is 0 Å². The van der Waals surface area contributed by atoms with Crippen LogP contribution in [-0.2, 0) is 30.8 Å². The Morgan fingerprint density at radius 1 is 1.11 bits per heavy atom. The van der Waals surface area contributed by atoms with Crippen LogP contribution in [0.2, 0.25) is 0 Å². The van der Waals surface area contributed by atoms with Crippen molar-refractivity contribution < 1.29 is 27.5 Å². The zero-order chi connectivity index (χ0) is 20.5. The zero-order valence-electron chi connectivity index (χ0n) is 15.8. The second kappa shape index (κ2) is 7.63. The fourth-order valence-electron chi connectivity index (χ4n) is 3.35. The van der Waals surface area contributed by atoms with Crippen molar-refractivity contribution in [1.29, 1.82) is 0 Å². The number of hydrogen-bond donors (Lipinski definition) is 0. The molecule has 3 rings (SSSR count). The first-order chi connectivity index (χ1) is 13.2.